The lowest BCUT2D eigenvalue weighted by atomic mass is 9.64. The van der Waals surface area contributed by atoms with Crippen molar-refractivity contribution in [3.05, 3.63) is 0 Å². The average molecular weight is 282 g/mol. The highest BCUT2D eigenvalue weighted by atomic mass is 16.5. The van der Waals surface area contributed by atoms with Crippen LogP contribution in [0.2, 0.25) is 0 Å². The zero-order valence-corrected chi connectivity index (χ0v) is 14.1. The van der Waals surface area contributed by atoms with E-state index in [4.69, 9.17) is 4.74 Å². The molecule has 20 heavy (non-hydrogen) atoms. The zero-order chi connectivity index (χ0) is 14.8. The molecule has 3 heteroatoms. The number of hydrogen-bond acceptors (Lipinski definition) is 3. The van der Waals surface area contributed by atoms with E-state index in [-0.39, 0.29) is 5.41 Å². The molecule has 0 aromatic heterocycles. The molecule has 2 aliphatic carbocycles. The quantitative estimate of drug-likeness (QED) is 0.704. The van der Waals surface area contributed by atoms with Crippen LogP contribution < -0.4 is 5.32 Å². The summed E-state index contributed by atoms with van der Waals surface area (Å²) in [4.78, 5) is 2.62. The summed E-state index contributed by atoms with van der Waals surface area (Å²) in [6.07, 6.45) is 4.44. The van der Waals surface area contributed by atoms with Gasteiger partial charge in [0.2, 0.25) is 0 Å². The minimum absolute atomic E-state index is 0.283. The van der Waals surface area contributed by atoms with Gasteiger partial charge in [0, 0.05) is 37.2 Å². The summed E-state index contributed by atoms with van der Waals surface area (Å²) in [6, 6.07) is 1.51. The van der Waals surface area contributed by atoms with Gasteiger partial charge in [0.15, 0.2) is 0 Å². The first kappa shape index (κ1) is 16.3. The summed E-state index contributed by atoms with van der Waals surface area (Å²) in [7, 11) is 0. The maximum absolute atomic E-state index is 6.03. The van der Waals surface area contributed by atoms with Crippen molar-refractivity contribution in [2.75, 3.05) is 26.2 Å². The molecule has 0 aromatic rings. The maximum atomic E-state index is 6.03. The molecule has 0 spiro atoms. The van der Waals surface area contributed by atoms with Gasteiger partial charge in [-0.15, -0.1) is 0 Å². The van der Waals surface area contributed by atoms with Crippen LogP contribution in [-0.2, 0) is 4.74 Å². The van der Waals surface area contributed by atoms with Crippen LogP contribution in [0.15, 0.2) is 0 Å². The summed E-state index contributed by atoms with van der Waals surface area (Å²) >= 11 is 0. The van der Waals surface area contributed by atoms with Crippen LogP contribution >= 0.6 is 0 Å². The Morgan fingerprint density at radius 1 is 1.30 bits per heavy atom. The first-order valence-electron chi connectivity index (χ1n) is 8.54. The van der Waals surface area contributed by atoms with Crippen molar-refractivity contribution in [1.29, 1.82) is 0 Å². The molecule has 2 fully saturated rings. The number of hydrogen-bond donors (Lipinski definition) is 1. The van der Waals surface area contributed by atoms with Gasteiger partial charge >= 0.3 is 0 Å². The van der Waals surface area contributed by atoms with Crippen molar-refractivity contribution in [2.45, 2.75) is 72.1 Å². The van der Waals surface area contributed by atoms with E-state index < -0.39 is 0 Å². The minimum Gasteiger partial charge on any atom is -0.377 e. The lowest BCUT2D eigenvalue weighted by Crippen LogP contribution is -2.61. The van der Waals surface area contributed by atoms with Crippen molar-refractivity contribution >= 4 is 0 Å². The van der Waals surface area contributed by atoms with Crippen LogP contribution in [-0.4, -0.2) is 49.3 Å². The van der Waals surface area contributed by atoms with Crippen molar-refractivity contribution < 1.29 is 4.74 Å². The molecular weight excluding hydrogens is 248 g/mol. The van der Waals surface area contributed by atoms with Gasteiger partial charge in [0.05, 0.1) is 6.10 Å². The third kappa shape index (κ3) is 3.96. The molecule has 0 heterocycles. The Bertz CT molecular complexity index is 299. The largest absolute Gasteiger partial charge is 0.377 e. The Morgan fingerprint density at radius 3 is 2.50 bits per heavy atom. The fourth-order valence-corrected chi connectivity index (χ4v) is 3.24. The normalized spacial score (nSPS) is 28.9. The van der Waals surface area contributed by atoms with Crippen LogP contribution in [0.4, 0.5) is 0 Å². The molecule has 2 atom stereocenters. The van der Waals surface area contributed by atoms with E-state index in [0.29, 0.717) is 18.1 Å². The third-order valence-electron chi connectivity index (χ3n) is 5.07. The van der Waals surface area contributed by atoms with Gasteiger partial charge in [-0.05, 0) is 31.7 Å². The SMILES string of the molecule is CCN(CCNC1CC(OCC(C)C)C1(C)C)C1CC1. The molecule has 1 N–H and O–H groups in total. The summed E-state index contributed by atoms with van der Waals surface area (Å²) in [6.45, 7) is 15.8. The van der Waals surface area contributed by atoms with E-state index in [1.54, 1.807) is 0 Å². The van der Waals surface area contributed by atoms with Gasteiger partial charge in [0.25, 0.3) is 0 Å². The van der Waals surface area contributed by atoms with E-state index in [9.17, 15) is 0 Å². The van der Waals surface area contributed by atoms with Gasteiger partial charge in [-0.25, -0.2) is 0 Å². The standard InChI is InChI=1S/C17H34N2O/c1-6-19(14-7-8-14)10-9-18-15-11-16(17(15,4)5)20-12-13(2)3/h13-16,18H,6-12H2,1-5H3. The second-order valence-corrected chi connectivity index (χ2v) is 7.64. The van der Waals surface area contributed by atoms with Crippen LogP contribution in [0.1, 0.15) is 53.9 Å². The Kier molecular flexibility index (Phi) is 5.49. The first-order valence-corrected chi connectivity index (χ1v) is 8.54. The molecule has 0 bridgehead atoms. The maximum Gasteiger partial charge on any atom is 0.0656 e. The van der Waals surface area contributed by atoms with Crippen molar-refractivity contribution in [1.82, 2.24) is 10.2 Å². The predicted octanol–water partition coefficient (Wildman–Crippen LogP) is 2.90. The van der Waals surface area contributed by atoms with E-state index in [2.05, 4.69) is 44.8 Å². The molecule has 0 aliphatic heterocycles. The van der Waals surface area contributed by atoms with Crippen LogP contribution in [0.3, 0.4) is 0 Å². The highest BCUT2D eigenvalue weighted by Crippen LogP contribution is 2.42. The van der Waals surface area contributed by atoms with Gasteiger partial charge in [-0.3, -0.25) is 4.90 Å². The number of likely N-dealkylation sites (N-methyl/N-ethyl adjacent to an activating group) is 1. The Hall–Kier alpha value is -0.120. The van der Waals surface area contributed by atoms with E-state index >= 15 is 0 Å². The molecule has 0 radical (unpaired) electrons. The fourth-order valence-electron chi connectivity index (χ4n) is 3.24. The molecular formula is C17H34N2O. The predicted molar refractivity (Wildman–Crippen MR) is 85.0 cm³/mol. The summed E-state index contributed by atoms with van der Waals surface area (Å²) < 4.78 is 6.03. The zero-order valence-electron chi connectivity index (χ0n) is 14.1. The molecule has 0 amide bonds. The molecule has 0 aromatic carbocycles. The van der Waals surface area contributed by atoms with Gasteiger partial charge < -0.3 is 10.1 Å². The first-order chi connectivity index (χ1) is 9.45. The molecule has 3 nitrogen and oxygen atoms in total. The molecule has 0 saturated heterocycles. The lowest BCUT2D eigenvalue weighted by molar-refractivity contribution is -0.123. The lowest BCUT2D eigenvalue weighted by Gasteiger charge is -2.52. The molecule has 2 saturated carbocycles. The van der Waals surface area contributed by atoms with Gasteiger partial charge in [-0.1, -0.05) is 34.6 Å². The monoisotopic (exact) mass is 282 g/mol. The highest BCUT2D eigenvalue weighted by Gasteiger charge is 2.48. The number of rotatable bonds is 9. The van der Waals surface area contributed by atoms with Crippen molar-refractivity contribution in [2.24, 2.45) is 11.3 Å². The van der Waals surface area contributed by atoms with Crippen LogP contribution in [0.25, 0.3) is 0 Å². The summed E-state index contributed by atoms with van der Waals surface area (Å²) in [5.74, 6) is 0.634. The number of nitrogens with one attached hydrogen (secondary N) is 1. The third-order valence-corrected chi connectivity index (χ3v) is 5.07. The van der Waals surface area contributed by atoms with E-state index in [1.807, 2.05) is 0 Å². The Labute approximate surface area is 125 Å². The van der Waals surface area contributed by atoms with E-state index in [0.717, 1.165) is 19.2 Å². The highest BCUT2D eigenvalue weighted by molar-refractivity contribution is 5.02. The molecule has 2 aliphatic rings. The topological polar surface area (TPSA) is 24.5 Å². The molecule has 2 unspecified atom stereocenters. The molecule has 2 rings (SSSR count). The van der Waals surface area contributed by atoms with Gasteiger partial charge in [0.1, 0.15) is 0 Å². The summed E-state index contributed by atoms with van der Waals surface area (Å²) in [5, 5.41) is 3.75. The second-order valence-electron chi connectivity index (χ2n) is 7.64. The van der Waals surface area contributed by atoms with E-state index in [1.165, 1.54) is 32.4 Å². The number of nitrogens with zero attached hydrogens (tertiary/aromatic N) is 1. The Morgan fingerprint density at radius 2 is 2.00 bits per heavy atom. The summed E-state index contributed by atoms with van der Waals surface area (Å²) in [5.41, 5.74) is 0.283. The average Bonchev–Trinajstić information content (AvgIpc) is 3.20. The Balaban J connectivity index is 1.64. The fraction of sp³-hybridized carbons (Fsp3) is 1.00. The minimum atomic E-state index is 0.283. The number of ether oxygens (including phenoxy) is 1. The van der Waals surface area contributed by atoms with Gasteiger partial charge in [-0.2, -0.15) is 0 Å². The van der Waals surface area contributed by atoms with Crippen molar-refractivity contribution in [3.63, 3.8) is 0 Å². The molecule has 118 valence electrons. The van der Waals surface area contributed by atoms with Crippen molar-refractivity contribution in [3.8, 4) is 0 Å². The van der Waals surface area contributed by atoms with Crippen LogP contribution in [0.5, 0.6) is 0 Å². The second kappa shape index (κ2) is 6.76. The smallest absolute Gasteiger partial charge is 0.0656 e. The van der Waals surface area contributed by atoms with Crippen LogP contribution in [0, 0.1) is 11.3 Å².